The molecule has 0 fully saturated rings. The number of nitrogens with zero attached hydrogens (tertiary/aromatic N) is 1. The van der Waals surface area contributed by atoms with Crippen molar-refractivity contribution < 1.29 is 4.42 Å². The number of hydrogen-bond donors (Lipinski definition) is 0. The maximum atomic E-state index is 6.69. The van der Waals surface area contributed by atoms with Crippen LogP contribution in [0, 0.1) is 0 Å². The number of anilines is 3. The molecule has 0 bridgehead atoms. The first-order valence-corrected chi connectivity index (χ1v) is 23.2. The van der Waals surface area contributed by atoms with E-state index in [1.165, 1.54) is 82.7 Å². The van der Waals surface area contributed by atoms with Crippen LogP contribution in [-0.4, -0.2) is 0 Å². The predicted molar refractivity (Wildman–Crippen MR) is 282 cm³/mol. The van der Waals surface area contributed by atoms with Crippen molar-refractivity contribution in [3.05, 3.63) is 211 Å². The van der Waals surface area contributed by atoms with Gasteiger partial charge in [-0.25, -0.2) is 0 Å². The minimum Gasteiger partial charge on any atom is -0.454 e. The zero-order valence-electron chi connectivity index (χ0n) is 38.4. The molecule has 12 rings (SSSR count). The van der Waals surface area contributed by atoms with Crippen molar-refractivity contribution in [3.8, 4) is 55.6 Å². The fourth-order valence-corrected chi connectivity index (χ4v) is 10.2. The van der Waals surface area contributed by atoms with Crippen molar-refractivity contribution in [2.24, 2.45) is 0 Å². The van der Waals surface area contributed by atoms with Gasteiger partial charge in [0.05, 0.1) is 5.69 Å². The van der Waals surface area contributed by atoms with Crippen LogP contribution in [-0.2, 0) is 10.8 Å². The smallest absolute Gasteiger partial charge is 0.159 e. The highest BCUT2D eigenvalue weighted by Gasteiger charge is 2.26. The van der Waals surface area contributed by atoms with Crippen LogP contribution in [0.4, 0.5) is 17.1 Å². The van der Waals surface area contributed by atoms with Crippen molar-refractivity contribution in [2.45, 2.75) is 52.4 Å². The van der Waals surface area contributed by atoms with E-state index in [0.717, 1.165) is 44.6 Å². The summed E-state index contributed by atoms with van der Waals surface area (Å²) >= 11 is 0. The van der Waals surface area contributed by atoms with Crippen LogP contribution >= 0.6 is 0 Å². The van der Waals surface area contributed by atoms with E-state index in [2.05, 4.69) is 241 Å². The molecular formula is C64H51NO. The number of rotatable bonds is 6. The third-order valence-electron chi connectivity index (χ3n) is 13.9. The molecule has 11 aromatic rings. The molecule has 0 saturated heterocycles. The average Bonchev–Trinajstić information content (AvgIpc) is 3.72. The van der Waals surface area contributed by atoms with Crippen LogP contribution in [0.1, 0.15) is 52.7 Å². The summed E-state index contributed by atoms with van der Waals surface area (Å²) in [6.07, 6.45) is 0. The fraction of sp³-hybridized carbons (Fsp3) is 0.125. The summed E-state index contributed by atoms with van der Waals surface area (Å²) in [7, 11) is 0. The van der Waals surface area contributed by atoms with Crippen LogP contribution in [0.25, 0.3) is 99.1 Å². The molecule has 1 aromatic heterocycles. The summed E-state index contributed by atoms with van der Waals surface area (Å²) in [5, 5.41) is 7.15. The monoisotopic (exact) mass is 849 g/mol. The molecule has 0 N–H and O–H groups in total. The van der Waals surface area contributed by atoms with E-state index >= 15 is 0 Å². The van der Waals surface area contributed by atoms with Crippen LogP contribution in [0.3, 0.4) is 0 Å². The van der Waals surface area contributed by atoms with Gasteiger partial charge in [-0.15, -0.1) is 0 Å². The third-order valence-corrected chi connectivity index (χ3v) is 13.9. The molecule has 1 aliphatic rings. The molecule has 1 aliphatic carbocycles. The molecule has 0 aliphatic heterocycles. The normalized spacial score (nSPS) is 12.4. The van der Waals surface area contributed by atoms with Gasteiger partial charge in [0.1, 0.15) is 5.58 Å². The zero-order valence-corrected chi connectivity index (χ0v) is 38.4. The Morgan fingerprint density at radius 2 is 0.818 bits per heavy atom. The lowest BCUT2D eigenvalue weighted by atomic mass is 9.77. The van der Waals surface area contributed by atoms with E-state index in [9.17, 15) is 0 Å². The summed E-state index contributed by atoms with van der Waals surface area (Å²) in [4.78, 5) is 2.36. The third kappa shape index (κ3) is 6.71. The van der Waals surface area contributed by atoms with Gasteiger partial charge >= 0.3 is 0 Å². The van der Waals surface area contributed by atoms with Crippen LogP contribution < -0.4 is 4.90 Å². The summed E-state index contributed by atoms with van der Waals surface area (Å²) in [5.74, 6) is 0. The lowest BCUT2D eigenvalue weighted by Gasteiger charge is -2.28. The van der Waals surface area contributed by atoms with E-state index in [4.69, 9.17) is 4.42 Å². The van der Waals surface area contributed by atoms with E-state index in [0.29, 0.717) is 0 Å². The summed E-state index contributed by atoms with van der Waals surface area (Å²) in [6, 6.07) is 74.1. The summed E-state index contributed by atoms with van der Waals surface area (Å²) in [5.41, 5.74) is 20.3. The van der Waals surface area contributed by atoms with Crippen LogP contribution in [0.5, 0.6) is 0 Å². The minimum absolute atomic E-state index is 0.0858. The molecule has 0 amide bonds. The Morgan fingerprint density at radius 1 is 0.333 bits per heavy atom. The van der Waals surface area contributed by atoms with E-state index in [1.54, 1.807) is 0 Å². The second-order valence-corrected chi connectivity index (χ2v) is 20.2. The number of para-hydroxylation sites is 2. The second-order valence-electron chi connectivity index (χ2n) is 20.2. The quantitative estimate of drug-likeness (QED) is 0.166. The highest BCUT2D eigenvalue weighted by Crippen LogP contribution is 2.52. The van der Waals surface area contributed by atoms with E-state index in [1.807, 2.05) is 6.07 Å². The largest absolute Gasteiger partial charge is 0.454 e. The molecule has 66 heavy (non-hydrogen) atoms. The topological polar surface area (TPSA) is 16.4 Å². The Morgan fingerprint density at radius 3 is 1.42 bits per heavy atom. The van der Waals surface area contributed by atoms with Gasteiger partial charge in [-0.1, -0.05) is 169 Å². The summed E-state index contributed by atoms with van der Waals surface area (Å²) in [6.45, 7) is 13.7. The minimum atomic E-state index is 0.0858. The molecule has 1 heterocycles. The van der Waals surface area contributed by atoms with Crippen LogP contribution in [0.15, 0.2) is 205 Å². The first-order valence-electron chi connectivity index (χ1n) is 23.2. The van der Waals surface area contributed by atoms with Gasteiger partial charge in [-0.3, -0.25) is 0 Å². The highest BCUT2D eigenvalue weighted by atomic mass is 16.3. The average molecular weight is 850 g/mol. The Balaban J connectivity index is 0.987. The maximum absolute atomic E-state index is 6.69. The fourth-order valence-electron chi connectivity index (χ4n) is 10.2. The van der Waals surface area contributed by atoms with Crippen molar-refractivity contribution in [1.29, 1.82) is 0 Å². The number of benzene rings is 10. The zero-order chi connectivity index (χ0) is 44.9. The SMILES string of the molecule is CC(C)(C)c1ccc(-c2cc3cc4c(cc3cc2-c2ccc(C(C)(C)C)cc2)-c2cc3cc(N(c5cccc(-c6ccccc6)c5)c5cccc6c5oc5ccccc56)ccc3cc2-4)cc1. The van der Waals surface area contributed by atoms with Crippen LogP contribution in [0.2, 0.25) is 0 Å². The highest BCUT2D eigenvalue weighted by molar-refractivity contribution is 6.14. The Labute approximate surface area is 387 Å². The number of fused-ring (bicyclic) bond motifs is 9. The van der Waals surface area contributed by atoms with E-state index in [-0.39, 0.29) is 10.8 Å². The molecular weight excluding hydrogens is 799 g/mol. The molecule has 0 radical (unpaired) electrons. The van der Waals surface area contributed by atoms with Crippen molar-refractivity contribution in [2.75, 3.05) is 4.90 Å². The molecule has 0 atom stereocenters. The Hall–Kier alpha value is -7.68. The molecule has 0 unspecified atom stereocenters. The lowest BCUT2D eigenvalue weighted by Crippen LogP contribution is -2.10. The van der Waals surface area contributed by atoms with Crippen molar-refractivity contribution in [1.82, 2.24) is 0 Å². The van der Waals surface area contributed by atoms with Gasteiger partial charge in [0.25, 0.3) is 0 Å². The van der Waals surface area contributed by atoms with Gasteiger partial charge in [-0.05, 0) is 172 Å². The van der Waals surface area contributed by atoms with Gasteiger partial charge in [0, 0.05) is 22.1 Å². The van der Waals surface area contributed by atoms with Gasteiger partial charge in [0.2, 0.25) is 0 Å². The van der Waals surface area contributed by atoms with Crippen molar-refractivity contribution in [3.63, 3.8) is 0 Å². The summed E-state index contributed by atoms with van der Waals surface area (Å²) < 4.78 is 6.69. The van der Waals surface area contributed by atoms with Crippen molar-refractivity contribution >= 4 is 60.5 Å². The van der Waals surface area contributed by atoms with E-state index < -0.39 is 0 Å². The number of furan rings is 1. The Kier molecular flexibility index (Phi) is 9.03. The first kappa shape index (κ1) is 39.9. The molecule has 2 heteroatoms. The first-order chi connectivity index (χ1) is 31.9. The molecule has 10 aromatic carbocycles. The Bertz CT molecular complexity index is 3690. The maximum Gasteiger partial charge on any atom is 0.159 e. The lowest BCUT2D eigenvalue weighted by molar-refractivity contribution is 0.590. The van der Waals surface area contributed by atoms with Gasteiger partial charge in [0.15, 0.2) is 5.58 Å². The standard InChI is InChI=1S/C64H51NO/c1-63(2,3)48-27-22-41(23-28-48)54-35-46-38-58-56-34-44-26-31-51(33-45(44)37-57(56)59(58)39-47(46)36-55(54)42-24-29-49(30-25-42)64(4,5)6)65(50-17-12-16-43(32-50)40-14-8-7-9-15-40)60-20-13-19-53-52-18-10-11-21-61(52)66-62(53)60/h7-39H,1-6H3. The van der Waals surface area contributed by atoms with Gasteiger partial charge < -0.3 is 9.32 Å². The molecule has 318 valence electrons. The number of hydrogen-bond acceptors (Lipinski definition) is 2. The molecule has 0 spiro atoms. The van der Waals surface area contributed by atoms with Gasteiger partial charge in [-0.2, -0.15) is 0 Å². The molecule has 0 saturated carbocycles. The predicted octanol–water partition coefficient (Wildman–Crippen LogP) is 18.6. The second kappa shape index (κ2) is 14.9. The molecule has 2 nitrogen and oxygen atoms in total.